The van der Waals surface area contributed by atoms with Crippen LogP contribution in [0.25, 0.3) is 0 Å². The van der Waals surface area contributed by atoms with Gasteiger partial charge in [-0.05, 0) is 62.8 Å². The molecule has 0 N–H and O–H groups in total. The van der Waals surface area contributed by atoms with E-state index in [-0.39, 0.29) is 5.92 Å². The third kappa shape index (κ3) is 6.04. The average molecular weight is 377 g/mol. The van der Waals surface area contributed by atoms with Gasteiger partial charge in [-0.25, -0.2) is 4.79 Å². The lowest BCUT2D eigenvalue weighted by molar-refractivity contribution is -0.272. The van der Waals surface area contributed by atoms with E-state index in [1.165, 1.54) is 18.2 Å². The highest BCUT2D eigenvalue weighted by Gasteiger charge is 2.41. The van der Waals surface area contributed by atoms with Crippen molar-refractivity contribution in [3.63, 3.8) is 0 Å². The fourth-order valence-electron chi connectivity index (χ4n) is 2.87. The topological polar surface area (TPSA) is 66.4 Å². The number of carbonyl (C=O) groups is 1. The van der Waals surface area contributed by atoms with Crippen molar-refractivity contribution in [2.75, 3.05) is 26.9 Å². The van der Waals surface area contributed by atoms with Gasteiger partial charge in [0.05, 0.1) is 26.0 Å². The average Bonchev–Trinajstić information content (AvgIpc) is 2.67. The van der Waals surface area contributed by atoms with E-state index in [2.05, 4.69) is 37.2 Å². The van der Waals surface area contributed by atoms with Gasteiger partial charge in [0.15, 0.2) is 0 Å². The van der Waals surface area contributed by atoms with Crippen LogP contribution < -0.4 is 0 Å². The van der Waals surface area contributed by atoms with Crippen LogP contribution in [-0.2, 0) is 23.8 Å². The molecule has 1 fully saturated rings. The van der Waals surface area contributed by atoms with Crippen LogP contribution in [-0.4, -0.2) is 44.4 Å². The molecular weight excluding hydrogens is 346 g/mol. The smallest absolute Gasteiger partial charge is 0.366 e. The minimum absolute atomic E-state index is 0.281. The van der Waals surface area contributed by atoms with Gasteiger partial charge in [-0.15, -0.1) is 0 Å². The van der Waals surface area contributed by atoms with Crippen LogP contribution in [0.5, 0.6) is 0 Å². The predicted octanol–water partition coefficient (Wildman–Crippen LogP) is 3.77. The van der Waals surface area contributed by atoms with Crippen molar-refractivity contribution in [3.8, 4) is 0 Å². The molecular formula is C21H31NO5. The number of hydrogen-bond donors (Lipinski definition) is 0. The summed E-state index contributed by atoms with van der Waals surface area (Å²) in [7, 11) is 1.33. The molecule has 2 rings (SSSR count). The first-order chi connectivity index (χ1) is 12.9. The Labute approximate surface area is 161 Å². The maximum absolute atomic E-state index is 11.6. The molecule has 0 unspecified atom stereocenters. The Kier molecular flexibility index (Phi) is 7.80. The Morgan fingerprint density at radius 3 is 2.56 bits per heavy atom. The molecule has 0 radical (unpaired) electrons. The number of benzene rings is 1. The molecule has 0 aromatic heterocycles. The van der Waals surface area contributed by atoms with Gasteiger partial charge in [-0.3, -0.25) is 0 Å². The molecule has 6 nitrogen and oxygen atoms in total. The number of oxime groups is 1. The van der Waals surface area contributed by atoms with Crippen LogP contribution in [0.3, 0.4) is 0 Å². The van der Waals surface area contributed by atoms with E-state index in [4.69, 9.17) is 19.0 Å². The SMILES string of the molecule is COC(=O)C1(C)OCC(CCCCON=C(C)c2ccc(C)c(C)c2)CO1. The second kappa shape index (κ2) is 9.85. The zero-order valence-electron chi connectivity index (χ0n) is 17.0. The standard InChI is InChI=1S/C21H31NO5/c1-15-9-10-19(12-16(15)2)17(3)22-27-11-7-6-8-18-13-25-21(4,26-14-18)20(23)24-5/h9-10,12,18H,6-8,11,13-14H2,1-5H3. The number of methoxy groups -OCH3 is 1. The highest BCUT2D eigenvalue weighted by Crippen LogP contribution is 2.25. The van der Waals surface area contributed by atoms with Gasteiger partial charge in [-0.2, -0.15) is 0 Å². The maximum atomic E-state index is 11.6. The van der Waals surface area contributed by atoms with Crippen LogP contribution in [0.15, 0.2) is 23.4 Å². The van der Waals surface area contributed by atoms with Gasteiger partial charge < -0.3 is 19.0 Å². The molecule has 0 aliphatic carbocycles. The van der Waals surface area contributed by atoms with Crippen molar-refractivity contribution in [1.82, 2.24) is 0 Å². The number of esters is 1. The van der Waals surface area contributed by atoms with Crippen molar-refractivity contribution in [3.05, 3.63) is 34.9 Å². The molecule has 27 heavy (non-hydrogen) atoms. The predicted molar refractivity (Wildman–Crippen MR) is 104 cm³/mol. The summed E-state index contributed by atoms with van der Waals surface area (Å²) >= 11 is 0. The molecule has 0 spiro atoms. The number of ether oxygens (including phenoxy) is 3. The molecule has 1 saturated heterocycles. The molecule has 1 aliphatic heterocycles. The Morgan fingerprint density at radius 1 is 1.22 bits per heavy atom. The third-order valence-electron chi connectivity index (χ3n) is 4.97. The molecule has 0 amide bonds. The van der Waals surface area contributed by atoms with E-state index in [1.807, 2.05) is 6.92 Å². The number of hydrogen-bond acceptors (Lipinski definition) is 6. The quantitative estimate of drug-likeness (QED) is 0.299. The highest BCUT2D eigenvalue weighted by atomic mass is 16.7. The third-order valence-corrected chi connectivity index (χ3v) is 4.97. The van der Waals surface area contributed by atoms with Crippen molar-refractivity contribution in [1.29, 1.82) is 0 Å². The highest BCUT2D eigenvalue weighted by molar-refractivity contribution is 5.98. The lowest BCUT2D eigenvalue weighted by atomic mass is 10.0. The fourth-order valence-corrected chi connectivity index (χ4v) is 2.87. The Morgan fingerprint density at radius 2 is 1.93 bits per heavy atom. The second-order valence-electron chi connectivity index (χ2n) is 7.23. The molecule has 1 aromatic rings. The van der Waals surface area contributed by atoms with Crippen molar-refractivity contribution in [2.45, 2.75) is 52.7 Å². The van der Waals surface area contributed by atoms with Crippen LogP contribution >= 0.6 is 0 Å². The van der Waals surface area contributed by atoms with E-state index < -0.39 is 11.8 Å². The van der Waals surface area contributed by atoms with Crippen molar-refractivity contribution in [2.24, 2.45) is 11.1 Å². The van der Waals surface area contributed by atoms with Gasteiger partial charge in [0.1, 0.15) is 6.61 Å². The summed E-state index contributed by atoms with van der Waals surface area (Å²) in [5.74, 6) is -1.48. The summed E-state index contributed by atoms with van der Waals surface area (Å²) in [4.78, 5) is 17.1. The van der Waals surface area contributed by atoms with Crippen molar-refractivity contribution < 1.29 is 23.8 Å². The summed E-state index contributed by atoms with van der Waals surface area (Å²) in [6, 6.07) is 6.29. The summed E-state index contributed by atoms with van der Waals surface area (Å²) in [6.45, 7) is 9.32. The normalized spacial score (nSPS) is 23.1. The summed E-state index contributed by atoms with van der Waals surface area (Å²) < 4.78 is 15.8. The number of carbonyl (C=O) groups excluding carboxylic acids is 1. The first-order valence-corrected chi connectivity index (χ1v) is 9.46. The Balaban J connectivity index is 1.64. The molecule has 0 saturated carbocycles. The van der Waals surface area contributed by atoms with Gasteiger partial charge >= 0.3 is 5.97 Å². The zero-order valence-corrected chi connectivity index (χ0v) is 17.0. The number of rotatable bonds is 8. The molecule has 150 valence electrons. The lowest BCUT2D eigenvalue weighted by Gasteiger charge is -2.35. The molecule has 1 aromatic carbocycles. The lowest BCUT2D eigenvalue weighted by Crippen LogP contribution is -2.48. The maximum Gasteiger partial charge on any atom is 0.366 e. The molecule has 6 heteroatoms. The Bertz CT molecular complexity index is 663. The van der Waals surface area contributed by atoms with E-state index in [0.717, 1.165) is 30.5 Å². The number of nitrogens with zero attached hydrogens (tertiary/aromatic N) is 1. The zero-order chi connectivity index (χ0) is 19.9. The number of aryl methyl sites for hydroxylation is 2. The summed E-state index contributed by atoms with van der Waals surface area (Å²) in [5, 5.41) is 4.21. The van der Waals surface area contributed by atoms with E-state index in [0.29, 0.717) is 19.8 Å². The summed E-state index contributed by atoms with van der Waals surface area (Å²) in [6.07, 6.45) is 2.86. The monoisotopic (exact) mass is 377 g/mol. The first-order valence-electron chi connectivity index (χ1n) is 9.46. The van der Waals surface area contributed by atoms with Gasteiger partial charge in [0.25, 0.3) is 5.79 Å². The molecule has 0 bridgehead atoms. The van der Waals surface area contributed by atoms with Crippen LogP contribution in [0.4, 0.5) is 0 Å². The van der Waals surface area contributed by atoms with E-state index >= 15 is 0 Å². The number of unbranched alkanes of at least 4 members (excludes halogenated alkanes) is 1. The van der Waals surface area contributed by atoms with Gasteiger partial charge in [-0.1, -0.05) is 17.3 Å². The van der Waals surface area contributed by atoms with Gasteiger partial charge in [0, 0.05) is 12.8 Å². The largest absolute Gasteiger partial charge is 0.465 e. The molecule has 1 aliphatic rings. The van der Waals surface area contributed by atoms with Gasteiger partial charge in [0.2, 0.25) is 0 Å². The van der Waals surface area contributed by atoms with E-state index in [1.54, 1.807) is 6.92 Å². The molecule has 1 heterocycles. The minimum atomic E-state index is -1.27. The minimum Gasteiger partial charge on any atom is -0.465 e. The van der Waals surface area contributed by atoms with E-state index in [9.17, 15) is 4.79 Å². The molecule has 0 atom stereocenters. The van der Waals surface area contributed by atoms with Crippen LogP contribution in [0.1, 0.15) is 49.8 Å². The fraction of sp³-hybridized carbons (Fsp3) is 0.619. The van der Waals surface area contributed by atoms with Crippen LogP contribution in [0.2, 0.25) is 0 Å². The van der Waals surface area contributed by atoms with Crippen LogP contribution in [0, 0.1) is 19.8 Å². The Hall–Kier alpha value is -1.92. The first kappa shape index (κ1) is 21.4. The summed E-state index contributed by atoms with van der Waals surface area (Å²) in [5.41, 5.74) is 4.50. The van der Waals surface area contributed by atoms with Crippen molar-refractivity contribution >= 4 is 11.7 Å². The second-order valence-corrected chi connectivity index (χ2v) is 7.23.